The van der Waals surface area contributed by atoms with Gasteiger partial charge in [-0.25, -0.2) is 4.79 Å². The summed E-state index contributed by atoms with van der Waals surface area (Å²) in [6, 6.07) is 15.6. The van der Waals surface area contributed by atoms with Crippen molar-refractivity contribution in [1.82, 2.24) is 4.57 Å². The number of carboxylic acid groups (broad SMARTS) is 1. The van der Waals surface area contributed by atoms with E-state index in [1.165, 1.54) is 0 Å². The number of nitrogens with zero attached hydrogens (tertiary/aromatic N) is 1. The minimum Gasteiger partial charge on any atom is -0.508 e. The Morgan fingerprint density at radius 3 is 2.48 bits per heavy atom. The average Bonchev–Trinajstić information content (AvgIpc) is 2.85. The molecule has 5 nitrogen and oxygen atoms in total. The predicted molar refractivity (Wildman–Crippen MR) is 89.0 cm³/mol. The van der Waals surface area contributed by atoms with Crippen LogP contribution < -0.4 is 5.73 Å². The number of aromatic carboxylic acids is 1. The van der Waals surface area contributed by atoms with E-state index in [4.69, 9.17) is 5.73 Å². The van der Waals surface area contributed by atoms with E-state index in [1.807, 2.05) is 18.2 Å². The van der Waals surface area contributed by atoms with Gasteiger partial charge in [-0.05, 0) is 37.3 Å². The van der Waals surface area contributed by atoms with Crippen molar-refractivity contribution in [1.29, 1.82) is 0 Å². The van der Waals surface area contributed by atoms with Gasteiger partial charge in [-0.15, -0.1) is 0 Å². The van der Waals surface area contributed by atoms with Crippen LogP contribution in [0.2, 0.25) is 0 Å². The number of nitrogens with two attached hydrogens (primary N) is 1. The van der Waals surface area contributed by atoms with Crippen LogP contribution in [-0.4, -0.2) is 20.7 Å². The van der Waals surface area contributed by atoms with E-state index in [1.54, 1.807) is 47.9 Å². The third-order valence-electron chi connectivity index (χ3n) is 3.75. The highest BCUT2D eigenvalue weighted by Gasteiger charge is 2.19. The Bertz CT molecular complexity index is 897. The third kappa shape index (κ3) is 2.64. The van der Waals surface area contributed by atoms with Gasteiger partial charge in [0.05, 0.1) is 11.3 Å². The van der Waals surface area contributed by atoms with E-state index < -0.39 is 5.97 Å². The average molecular weight is 308 g/mol. The van der Waals surface area contributed by atoms with Crippen LogP contribution in [0.3, 0.4) is 0 Å². The van der Waals surface area contributed by atoms with Gasteiger partial charge in [-0.2, -0.15) is 0 Å². The first-order valence-electron chi connectivity index (χ1n) is 7.08. The topological polar surface area (TPSA) is 88.5 Å². The lowest BCUT2D eigenvalue weighted by Crippen LogP contribution is -2.02. The molecule has 1 heterocycles. The maximum absolute atomic E-state index is 11.5. The third-order valence-corrected chi connectivity index (χ3v) is 3.75. The minimum absolute atomic E-state index is 0.117. The normalized spacial score (nSPS) is 10.7. The van der Waals surface area contributed by atoms with E-state index in [2.05, 4.69) is 0 Å². The molecule has 0 aliphatic rings. The highest BCUT2D eigenvalue weighted by Crippen LogP contribution is 2.31. The van der Waals surface area contributed by atoms with Crippen molar-refractivity contribution < 1.29 is 15.0 Å². The molecule has 0 saturated carbocycles. The molecule has 116 valence electrons. The van der Waals surface area contributed by atoms with Crippen LogP contribution in [0.5, 0.6) is 5.75 Å². The lowest BCUT2D eigenvalue weighted by Gasteiger charge is -2.13. The van der Waals surface area contributed by atoms with Crippen LogP contribution in [0.25, 0.3) is 16.9 Å². The monoisotopic (exact) mass is 308 g/mol. The molecule has 4 N–H and O–H groups in total. The van der Waals surface area contributed by atoms with Gasteiger partial charge in [-0.3, -0.25) is 0 Å². The molecule has 0 fully saturated rings. The van der Waals surface area contributed by atoms with E-state index in [-0.39, 0.29) is 11.3 Å². The first-order valence-corrected chi connectivity index (χ1v) is 7.08. The van der Waals surface area contributed by atoms with Crippen molar-refractivity contribution in [3.63, 3.8) is 0 Å². The molecule has 0 radical (unpaired) electrons. The van der Waals surface area contributed by atoms with Gasteiger partial charge in [0.1, 0.15) is 5.75 Å². The van der Waals surface area contributed by atoms with Crippen molar-refractivity contribution in [2.45, 2.75) is 6.92 Å². The van der Waals surface area contributed by atoms with E-state index in [0.717, 1.165) is 5.56 Å². The van der Waals surface area contributed by atoms with Crippen molar-refractivity contribution in [2.75, 3.05) is 5.73 Å². The number of aromatic hydroxyl groups is 1. The Balaban J connectivity index is 2.31. The maximum Gasteiger partial charge on any atom is 0.337 e. The van der Waals surface area contributed by atoms with Crippen molar-refractivity contribution >= 4 is 11.7 Å². The number of aromatic nitrogens is 1. The number of nitrogen functional groups attached to an aromatic ring is 1. The van der Waals surface area contributed by atoms with Gasteiger partial charge in [-0.1, -0.05) is 18.2 Å². The predicted octanol–water partition coefficient (Wildman–Crippen LogP) is 3.44. The molecule has 0 amide bonds. The number of rotatable bonds is 3. The van der Waals surface area contributed by atoms with Gasteiger partial charge in [0, 0.05) is 28.7 Å². The van der Waals surface area contributed by atoms with Crippen LogP contribution in [0.1, 0.15) is 16.1 Å². The Hall–Kier alpha value is -3.21. The Morgan fingerprint density at radius 2 is 1.83 bits per heavy atom. The Morgan fingerprint density at radius 1 is 1.09 bits per heavy atom. The summed E-state index contributed by atoms with van der Waals surface area (Å²) in [5, 5.41) is 19.2. The second-order valence-electron chi connectivity index (χ2n) is 5.31. The van der Waals surface area contributed by atoms with E-state index in [9.17, 15) is 15.0 Å². The Labute approximate surface area is 133 Å². The maximum atomic E-state index is 11.5. The van der Waals surface area contributed by atoms with Crippen LogP contribution in [0, 0.1) is 6.92 Å². The second-order valence-corrected chi connectivity index (χ2v) is 5.31. The SMILES string of the molecule is Cc1c(C(=O)O)cc(-c2cccc(N)c2)n1-c1cccc(O)c1. The molecule has 23 heavy (non-hydrogen) atoms. The first kappa shape index (κ1) is 14.7. The van der Waals surface area contributed by atoms with Crippen molar-refractivity contribution in [3.05, 3.63) is 65.9 Å². The minimum atomic E-state index is -0.994. The smallest absolute Gasteiger partial charge is 0.337 e. The number of phenolic OH excluding ortho intramolecular Hbond substituents is 1. The van der Waals surface area contributed by atoms with Crippen molar-refractivity contribution in [3.8, 4) is 22.7 Å². The summed E-state index contributed by atoms with van der Waals surface area (Å²) in [5.74, 6) is -0.877. The molecule has 5 heteroatoms. The van der Waals surface area contributed by atoms with E-state index in [0.29, 0.717) is 22.8 Å². The molecule has 2 aromatic carbocycles. The van der Waals surface area contributed by atoms with Crippen LogP contribution >= 0.6 is 0 Å². The van der Waals surface area contributed by atoms with Gasteiger partial charge in [0.2, 0.25) is 0 Å². The summed E-state index contributed by atoms with van der Waals surface area (Å²) in [5.41, 5.74) is 9.45. The molecular formula is C18H16N2O3. The molecule has 0 bridgehead atoms. The highest BCUT2D eigenvalue weighted by atomic mass is 16.4. The fourth-order valence-electron chi connectivity index (χ4n) is 2.70. The second kappa shape index (κ2) is 5.53. The summed E-state index contributed by atoms with van der Waals surface area (Å²) in [7, 11) is 0. The highest BCUT2D eigenvalue weighted by molar-refractivity contribution is 5.91. The number of benzene rings is 2. The first-order chi connectivity index (χ1) is 11.0. The number of anilines is 1. The van der Waals surface area contributed by atoms with Gasteiger partial charge < -0.3 is 20.5 Å². The van der Waals surface area contributed by atoms with Gasteiger partial charge >= 0.3 is 5.97 Å². The number of hydrogen-bond acceptors (Lipinski definition) is 3. The Kier molecular flexibility index (Phi) is 3.54. The molecular weight excluding hydrogens is 292 g/mol. The zero-order chi connectivity index (χ0) is 16.6. The number of carboxylic acids is 1. The largest absolute Gasteiger partial charge is 0.508 e. The molecule has 1 aromatic heterocycles. The summed E-state index contributed by atoms with van der Waals surface area (Å²) in [4.78, 5) is 11.5. The molecule has 3 aromatic rings. The van der Waals surface area contributed by atoms with Crippen LogP contribution in [0.15, 0.2) is 54.6 Å². The molecule has 3 rings (SSSR count). The zero-order valence-corrected chi connectivity index (χ0v) is 12.5. The fourth-order valence-corrected chi connectivity index (χ4v) is 2.70. The molecule has 0 unspecified atom stereocenters. The summed E-state index contributed by atoms with van der Waals surface area (Å²) in [6.07, 6.45) is 0. The fraction of sp³-hybridized carbons (Fsp3) is 0.0556. The number of hydrogen-bond donors (Lipinski definition) is 3. The summed E-state index contributed by atoms with van der Waals surface area (Å²) in [6.45, 7) is 1.74. The van der Waals surface area contributed by atoms with Crippen molar-refractivity contribution in [2.24, 2.45) is 0 Å². The van der Waals surface area contributed by atoms with Crippen LogP contribution in [0.4, 0.5) is 5.69 Å². The molecule has 0 saturated heterocycles. The van der Waals surface area contributed by atoms with Crippen LogP contribution in [-0.2, 0) is 0 Å². The number of phenols is 1. The lowest BCUT2D eigenvalue weighted by atomic mass is 10.1. The number of carbonyl (C=O) groups is 1. The van der Waals surface area contributed by atoms with E-state index >= 15 is 0 Å². The zero-order valence-electron chi connectivity index (χ0n) is 12.5. The summed E-state index contributed by atoms with van der Waals surface area (Å²) < 4.78 is 1.80. The molecule has 0 aliphatic carbocycles. The van der Waals surface area contributed by atoms with Gasteiger partial charge in [0.25, 0.3) is 0 Å². The molecule has 0 atom stereocenters. The lowest BCUT2D eigenvalue weighted by molar-refractivity contribution is 0.0696. The quantitative estimate of drug-likeness (QED) is 0.647. The molecule has 0 spiro atoms. The summed E-state index contributed by atoms with van der Waals surface area (Å²) >= 11 is 0. The van der Waals surface area contributed by atoms with Gasteiger partial charge in [0.15, 0.2) is 0 Å². The standard InChI is InChI=1S/C18H16N2O3/c1-11-16(18(22)23)10-17(12-4-2-5-13(19)8-12)20(11)14-6-3-7-15(21)9-14/h2-10,21H,19H2,1H3,(H,22,23). The molecule has 0 aliphatic heterocycles.